The van der Waals surface area contributed by atoms with E-state index in [1.807, 2.05) is 13.8 Å². The average Bonchev–Trinajstić information content (AvgIpc) is 2.26. The van der Waals surface area contributed by atoms with E-state index < -0.39 is 0 Å². The van der Waals surface area contributed by atoms with E-state index in [1.54, 1.807) is 12.1 Å². The highest BCUT2D eigenvalue weighted by molar-refractivity contribution is 9.10. The summed E-state index contributed by atoms with van der Waals surface area (Å²) in [5.41, 5.74) is 5.96. The second kappa shape index (κ2) is 6.24. The number of nitrogens with two attached hydrogens (primary N) is 1. The van der Waals surface area contributed by atoms with Gasteiger partial charge in [-0.05, 0) is 48.3 Å². The largest absolute Gasteiger partial charge is 0.326 e. The van der Waals surface area contributed by atoms with E-state index in [0.29, 0.717) is 33.0 Å². The molecule has 1 aromatic carbocycles. The number of carbonyl (C=O) groups excluding carboxylic acids is 1. The number of halogens is 3. The molecule has 0 atom stereocenters. The van der Waals surface area contributed by atoms with Crippen LogP contribution in [0.2, 0.25) is 10.0 Å². The fourth-order valence-electron chi connectivity index (χ4n) is 1.27. The van der Waals surface area contributed by atoms with Crippen LogP contribution in [0.25, 0.3) is 0 Å². The Bertz CT molecular complexity index is 458. The molecule has 0 saturated carbocycles. The topological polar surface area (TPSA) is 55.1 Å². The van der Waals surface area contributed by atoms with Crippen LogP contribution >= 0.6 is 39.1 Å². The van der Waals surface area contributed by atoms with Gasteiger partial charge in [0.25, 0.3) is 0 Å². The van der Waals surface area contributed by atoms with Gasteiger partial charge in [0.15, 0.2) is 0 Å². The lowest BCUT2D eigenvalue weighted by molar-refractivity contribution is -0.116. The molecule has 0 aliphatic heterocycles. The van der Waals surface area contributed by atoms with Crippen molar-refractivity contribution in [2.75, 3.05) is 5.32 Å². The molecular formula is C12H15BrCl2N2O. The zero-order chi connectivity index (χ0) is 13.9. The molecule has 0 unspecified atom stereocenters. The normalized spacial score (nSPS) is 11.4. The summed E-state index contributed by atoms with van der Waals surface area (Å²) in [7, 11) is 0. The lowest BCUT2D eigenvalue weighted by Crippen LogP contribution is -2.33. The number of rotatable bonds is 4. The Labute approximate surface area is 125 Å². The molecule has 0 aliphatic carbocycles. The minimum Gasteiger partial charge on any atom is -0.326 e. The van der Waals surface area contributed by atoms with Gasteiger partial charge >= 0.3 is 0 Å². The number of carbonyl (C=O) groups is 1. The maximum Gasteiger partial charge on any atom is 0.224 e. The van der Waals surface area contributed by atoms with E-state index in [2.05, 4.69) is 21.2 Å². The van der Waals surface area contributed by atoms with Gasteiger partial charge in [-0.25, -0.2) is 0 Å². The van der Waals surface area contributed by atoms with Crippen molar-refractivity contribution in [2.45, 2.75) is 32.2 Å². The first kappa shape index (κ1) is 15.8. The summed E-state index contributed by atoms with van der Waals surface area (Å²) < 4.78 is 0.690. The summed E-state index contributed by atoms with van der Waals surface area (Å²) in [6.07, 6.45) is 0.939. The smallest absolute Gasteiger partial charge is 0.224 e. The first-order valence-corrected chi connectivity index (χ1v) is 6.98. The van der Waals surface area contributed by atoms with Gasteiger partial charge in [-0.1, -0.05) is 23.2 Å². The van der Waals surface area contributed by atoms with E-state index in [4.69, 9.17) is 28.9 Å². The zero-order valence-electron chi connectivity index (χ0n) is 10.2. The molecule has 18 heavy (non-hydrogen) atoms. The molecule has 0 aliphatic rings. The Morgan fingerprint density at radius 3 is 2.56 bits per heavy atom. The van der Waals surface area contributed by atoms with Gasteiger partial charge in [0.2, 0.25) is 5.91 Å². The molecule has 0 spiro atoms. The molecule has 0 bridgehead atoms. The molecule has 0 fully saturated rings. The van der Waals surface area contributed by atoms with Crippen molar-refractivity contribution in [1.82, 2.24) is 0 Å². The quantitative estimate of drug-likeness (QED) is 0.796. The Morgan fingerprint density at radius 1 is 1.39 bits per heavy atom. The summed E-state index contributed by atoms with van der Waals surface area (Å²) >= 11 is 15.3. The third kappa shape index (κ3) is 4.76. The maximum absolute atomic E-state index is 11.7. The molecule has 0 saturated heterocycles. The van der Waals surface area contributed by atoms with E-state index in [1.165, 1.54) is 0 Å². The predicted octanol–water partition coefficient (Wildman–Crippen LogP) is 4.21. The predicted molar refractivity (Wildman–Crippen MR) is 80.3 cm³/mol. The van der Waals surface area contributed by atoms with Crippen LogP contribution in [0.3, 0.4) is 0 Å². The molecule has 3 nitrogen and oxygen atoms in total. The van der Waals surface area contributed by atoms with Crippen molar-refractivity contribution in [1.29, 1.82) is 0 Å². The number of nitrogens with one attached hydrogen (secondary N) is 1. The molecule has 3 N–H and O–H groups in total. The van der Waals surface area contributed by atoms with Crippen LogP contribution < -0.4 is 11.1 Å². The van der Waals surface area contributed by atoms with Crippen LogP contribution in [-0.4, -0.2) is 11.4 Å². The minimum absolute atomic E-state index is 0.131. The minimum atomic E-state index is -0.363. The molecule has 0 aromatic heterocycles. The molecule has 0 radical (unpaired) electrons. The van der Waals surface area contributed by atoms with Crippen molar-refractivity contribution >= 4 is 50.7 Å². The summed E-state index contributed by atoms with van der Waals surface area (Å²) in [4.78, 5) is 11.7. The van der Waals surface area contributed by atoms with Gasteiger partial charge in [0.1, 0.15) is 0 Å². The Morgan fingerprint density at radius 2 is 2.00 bits per heavy atom. The fraction of sp³-hybridized carbons (Fsp3) is 0.417. The van der Waals surface area contributed by atoms with Crippen LogP contribution in [0.15, 0.2) is 16.6 Å². The van der Waals surface area contributed by atoms with Crippen LogP contribution in [0.1, 0.15) is 26.7 Å². The molecule has 0 heterocycles. The van der Waals surface area contributed by atoms with E-state index >= 15 is 0 Å². The van der Waals surface area contributed by atoms with Crippen molar-refractivity contribution in [3.05, 3.63) is 26.7 Å². The summed E-state index contributed by atoms with van der Waals surface area (Å²) in [6.45, 7) is 3.76. The van der Waals surface area contributed by atoms with Gasteiger partial charge in [0.05, 0.1) is 15.7 Å². The third-order valence-corrected chi connectivity index (χ3v) is 4.08. The SMILES string of the molecule is CC(C)(N)CCC(=O)Nc1ccc(Br)c(Cl)c1Cl. The zero-order valence-corrected chi connectivity index (χ0v) is 13.3. The molecular weight excluding hydrogens is 339 g/mol. The van der Waals surface area contributed by atoms with Gasteiger partial charge in [0, 0.05) is 16.4 Å². The van der Waals surface area contributed by atoms with Gasteiger partial charge in [-0.2, -0.15) is 0 Å². The van der Waals surface area contributed by atoms with E-state index in [9.17, 15) is 4.79 Å². The number of hydrogen-bond donors (Lipinski definition) is 2. The monoisotopic (exact) mass is 352 g/mol. The van der Waals surface area contributed by atoms with Gasteiger partial charge in [-0.3, -0.25) is 4.79 Å². The summed E-state index contributed by atoms with van der Waals surface area (Å²) in [6, 6.07) is 3.43. The Hall–Kier alpha value is -0.290. The standard InChI is InChI=1S/C12H15BrCl2N2O/c1-12(2,16)6-5-9(18)17-8-4-3-7(13)10(14)11(8)15/h3-4H,5-6,16H2,1-2H3,(H,17,18). The van der Waals surface area contributed by atoms with Crippen molar-refractivity contribution < 1.29 is 4.79 Å². The first-order chi connectivity index (χ1) is 8.20. The maximum atomic E-state index is 11.7. The molecule has 100 valence electrons. The number of benzene rings is 1. The van der Waals surface area contributed by atoms with Crippen molar-refractivity contribution in [3.63, 3.8) is 0 Å². The van der Waals surface area contributed by atoms with Gasteiger partial charge in [-0.15, -0.1) is 0 Å². The van der Waals surface area contributed by atoms with Crippen LogP contribution in [0, 0.1) is 0 Å². The number of anilines is 1. The van der Waals surface area contributed by atoms with E-state index in [0.717, 1.165) is 0 Å². The second-order valence-electron chi connectivity index (χ2n) is 4.76. The summed E-state index contributed by atoms with van der Waals surface area (Å²) in [5.74, 6) is -0.131. The third-order valence-electron chi connectivity index (χ3n) is 2.31. The number of hydrogen-bond acceptors (Lipinski definition) is 2. The highest BCUT2D eigenvalue weighted by Crippen LogP contribution is 2.35. The molecule has 6 heteroatoms. The van der Waals surface area contributed by atoms with Crippen LogP contribution in [-0.2, 0) is 4.79 Å². The van der Waals surface area contributed by atoms with E-state index in [-0.39, 0.29) is 11.4 Å². The molecule has 1 amide bonds. The summed E-state index contributed by atoms with van der Waals surface area (Å²) in [5, 5.41) is 3.43. The van der Waals surface area contributed by atoms with Gasteiger partial charge < -0.3 is 11.1 Å². The Balaban J connectivity index is 2.68. The Kier molecular flexibility index (Phi) is 5.46. The lowest BCUT2D eigenvalue weighted by atomic mass is 10.00. The second-order valence-corrected chi connectivity index (χ2v) is 6.37. The lowest BCUT2D eigenvalue weighted by Gasteiger charge is -2.17. The van der Waals surface area contributed by atoms with Crippen LogP contribution in [0.4, 0.5) is 5.69 Å². The fourth-order valence-corrected chi connectivity index (χ4v) is 2.09. The molecule has 1 aromatic rings. The highest BCUT2D eigenvalue weighted by atomic mass is 79.9. The number of amides is 1. The van der Waals surface area contributed by atoms with Crippen LogP contribution in [0.5, 0.6) is 0 Å². The van der Waals surface area contributed by atoms with Crippen molar-refractivity contribution in [3.8, 4) is 0 Å². The first-order valence-electron chi connectivity index (χ1n) is 5.43. The average molecular weight is 354 g/mol. The van der Waals surface area contributed by atoms with Crippen molar-refractivity contribution in [2.24, 2.45) is 5.73 Å². The highest BCUT2D eigenvalue weighted by Gasteiger charge is 2.15. The molecule has 1 rings (SSSR count).